The van der Waals surface area contributed by atoms with Crippen LogP contribution in [0.15, 0.2) is 36.7 Å². The van der Waals surface area contributed by atoms with E-state index in [1.807, 2.05) is 37.6 Å². The molecule has 3 rings (SSSR count). The van der Waals surface area contributed by atoms with Gasteiger partial charge in [-0.25, -0.2) is 0 Å². The summed E-state index contributed by atoms with van der Waals surface area (Å²) in [6.45, 7) is 3.64. The van der Waals surface area contributed by atoms with Crippen LogP contribution in [0.2, 0.25) is 0 Å². The molecule has 23 heavy (non-hydrogen) atoms. The smallest absolute Gasteiger partial charge is 0.229 e. The van der Waals surface area contributed by atoms with Gasteiger partial charge in [-0.2, -0.15) is 5.10 Å². The molecule has 0 spiro atoms. The molecule has 0 radical (unpaired) electrons. The van der Waals surface area contributed by atoms with E-state index >= 15 is 0 Å². The van der Waals surface area contributed by atoms with Gasteiger partial charge < -0.3 is 10.6 Å². The van der Waals surface area contributed by atoms with Gasteiger partial charge in [0, 0.05) is 37.9 Å². The molecule has 6 heteroatoms. The van der Waals surface area contributed by atoms with Gasteiger partial charge in [-0.05, 0) is 29.7 Å². The predicted molar refractivity (Wildman–Crippen MR) is 94.0 cm³/mol. The van der Waals surface area contributed by atoms with Gasteiger partial charge in [0.05, 0.1) is 12.1 Å². The van der Waals surface area contributed by atoms with Gasteiger partial charge in [0.1, 0.15) is 0 Å². The molecule has 2 aromatic rings. The van der Waals surface area contributed by atoms with Crippen LogP contribution in [0.3, 0.4) is 0 Å². The van der Waals surface area contributed by atoms with E-state index in [-0.39, 0.29) is 30.2 Å². The van der Waals surface area contributed by atoms with Crippen molar-refractivity contribution in [3.8, 4) is 0 Å². The quantitative estimate of drug-likeness (QED) is 0.902. The second kappa shape index (κ2) is 7.62. The monoisotopic (exact) mass is 334 g/mol. The van der Waals surface area contributed by atoms with Crippen LogP contribution < -0.4 is 10.6 Å². The van der Waals surface area contributed by atoms with Crippen molar-refractivity contribution in [2.24, 2.45) is 13.0 Å². The fourth-order valence-electron chi connectivity index (χ4n) is 3.04. The van der Waals surface area contributed by atoms with E-state index in [1.54, 1.807) is 4.68 Å². The number of carbonyl (C=O) groups excluding carboxylic acids is 1. The summed E-state index contributed by atoms with van der Waals surface area (Å²) in [7, 11) is 1.90. The number of hydrogen-bond donors (Lipinski definition) is 2. The van der Waals surface area contributed by atoms with Crippen molar-refractivity contribution < 1.29 is 4.79 Å². The van der Waals surface area contributed by atoms with Crippen LogP contribution in [0.5, 0.6) is 0 Å². The molecule has 0 saturated carbocycles. The van der Waals surface area contributed by atoms with Crippen LogP contribution in [-0.4, -0.2) is 28.8 Å². The molecule has 1 aliphatic rings. The van der Waals surface area contributed by atoms with Gasteiger partial charge in [-0.15, -0.1) is 12.4 Å². The van der Waals surface area contributed by atoms with E-state index in [9.17, 15) is 4.79 Å². The van der Waals surface area contributed by atoms with E-state index in [2.05, 4.69) is 28.7 Å². The highest BCUT2D eigenvalue weighted by Gasteiger charge is 2.34. The molecule has 1 aromatic carbocycles. The Bertz CT molecular complexity index is 670. The highest BCUT2D eigenvalue weighted by atomic mass is 35.5. The highest BCUT2D eigenvalue weighted by molar-refractivity contribution is 5.93. The lowest BCUT2D eigenvalue weighted by Gasteiger charge is -2.17. The average Bonchev–Trinajstić information content (AvgIpc) is 3.15. The Morgan fingerprint density at radius 2 is 2.26 bits per heavy atom. The Hall–Kier alpha value is -1.85. The Balaban J connectivity index is 0.00000192. The molecule has 1 aliphatic heterocycles. The minimum atomic E-state index is -0.0607. The summed E-state index contributed by atoms with van der Waals surface area (Å²) < 4.78 is 1.79. The molecule has 1 saturated heterocycles. The Labute approximate surface area is 142 Å². The predicted octanol–water partition coefficient (Wildman–Crippen LogP) is 2.35. The summed E-state index contributed by atoms with van der Waals surface area (Å²) in [6, 6.07) is 8.04. The number of hydrogen-bond acceptors (Lipinski definition) is 3. The number of nitrogens with one attached hydrogen (secondary N) is 2. The third kappa shape index (κ3) is 3.92. The van der Waals surface area contributed by atoms with Crippen molar-refractivity contribution >= 4 is 24.0 Å². The molecule has 2 atom stereocenters. The zero-order chi connectivity index (χ0) is 15.5. The first-order valence-electron chi connectivity index (χ1n) is 7.76. The minimum Gasteiger partial charge on any atom is -0.326 e. The number of carbonyl (C=O) groups is 1. The zero-order valence-electron chi connectivity index (χ0n) is 13.5. The van der Waals surface area contributed by atoms with Crippen molar-refractivity contribution in [3.63, 3.8) is 0 Å². The molecular formula is C17H23ClN4O. The van der Waals surface area contributed by atoms with Crippen molar-refractivity contribution in [1.29, 1.82) is 0 Å². The van der Waals surface area contributed by atoms with Crippen LogP contribution in [0.25, 0.3) is 0 Å². The van der Waals surface area contributed by atoms with Gasteiger partial charge in [0.25, 0.3) is 0 Å². The van der Waals surface area contributed by atoms with Crippen molar-refractivity contribution in [2.75, 3.05) is 18.4 Å². The maximum Gasteiger partial charge on any atom is 0.229 e. The molecular weight excluding hydrogens is 312 g/mol. The Morgan fingerprint density at radius 1 is 1.43 bits per heavy atom. The maximum atomic E-state index is 12.6. The van der Waals surface area contributed by atoms with Gasteiger partial charge in [0.2, 0.25) is 5.91 Å². The summed E-state index contributed by atoms with van der Waals surface area (Å²) in [5.41, 5.74) is 3.22. The Kier molecular flexibility index (Phi) is 5.80. The normalized spacial score (nSPS) is 20.1. The highest BCUT2D eigenvalue weighted by Crippen LogP contribution is 2.29. The maximum absolute atomic E-state index is 12.6. The Morgan fingerprint density at radius 3 is 2.96 bits per heavy atom. The number of rotatable bonds is 4. The first-order valence-corrected chi connectivity index (χ1v) is 7.76. The fraction of sp³-hybridized carbons (Fsp3) is 0.412. The molecule has 2 heterocycles. The molecule has 1 fully saturated rings. The van der Waals surface area contributed by atoms with E-state index in [1.165, 1.54) is 5.56 Å². The SMILES string of the molecule is CCc1cccc(NC(=O)[C@H]2CNC[C@@H]2c2cnn(C)c2)c1.Cl. The van der Waals surface area contributed by atoms with Crippen molar-refractivity contribution in [2.45, 2.75) is 19.3 Å². The number of amides is 1. The number of halogens is 1. The topological polar surface area (TPSA) is 59.0 Å². The lowest BCUT2D eigenvalue weighted by atomic mass is 9.90. The molecule has 0 unspecified atom stereocenters. The standard InChI is InChI=1S/C17H22N4O.ClH/c1-3-12-5-4-6-14(7-12)20-17(22)16-10-18-9-15(16)13-8-19-21(2)11-13;/h4-8,11,15-16,18H,3,9-10H2,1-2H3,(H,20,22);1H/t15-,16+;/m1./s1. The molecule has 0 bridgehead atoms. The van der Waals surface area contributed by atoms with Crippen molar-refractivity contribution in [3.05, 3.63) is 47.8 Å². The first kappa shape index (κ1) is 17.5. The zero-order valence-corrected chi connectivity index (χ0v) is 14.3. The van der Waals surface area contributed by atoms with Crippen LogP contribution in [0, 0.1) is 5.92 Å². The largest absolute Gasteiger partial charge is 0.326 e. The molecule has 5 nitrogen and oxygen atoms in total. The second-order valence-electron chi connectivity index (χ2n) is 5.86. The average molecular weight is 335 g/mol. The summed E-state index contributed by atoms with van der Waals surface area (Å²) in [4.78, 5) is 12.6. The lowest BCUT2D eigenvalue weighted by molar-refractivity contribution is -0.119. The van der Waals surface area contributed by atoms with Crippen LogP contribution in [-0.2, 0) is 18.3 Å². The number of benzene rings is 1. The van der Waals surface area contributed by atoms with Gasteiger partial charge in [-0.1, -0.05) is 19.1 Å². The second-order valence-corrected chi connectivity index (χ2v) is 5.86. The third-order valence-corrected chi connectivity index (χ3v) is 4.31. The molecule has 1 aromatic heterocycles. The third-order valence-electron chi connectivity index (χ3n) is 4.31. The number of aryl methyl sites for hydroxylation is 2. The molecule has 1 amide bonds. The van der Waals surface area contributed by atoms with E-state index in [0.717, 1.165) is 24.2 Å². The minimum absolute atomic E-state index is 0. The van der Waals surface area contributed by atoms with E-state index in [4.69, 9.17) is 0 Å². The van der Waals surface area contributed by atoms with Crippen LogP contribution >= 0.6 is 12.4 Å². The fourth-order valence-corrected chi connectivity index (χ4v) is 3.04. The molecule has 124 valence electrons. The van der Waals surface area contributed by atoms with Gasteiger partial charge in [-0.3, -0.25) is 9.48 Å². The first-order chi connectivity index (χ1) is 10.7. The lowest BCUT2D eigenvalue weighted by Crippen LogP contribution is -2.28. The number of nitrogens with zero attached hydrogens (tertiary/aromatic N) is 2. The molecule has 0 aliphatic carbocycles. The van der Waals surface area contributed by atoms with E-state index < -0.39 is 0 Å². The van der Waals surface area contributed by atoms with Gasteiger partial charge in [0.15, 0.2) is 0 Å². The van der Waals surface area contributed by atoms with E-state index in [0.29, 0.717) is 6.54 Å². The molecule has 2 N–H and O–H groups in total. The number of anilines is 1. The summed E-state index contributed by atoms with van der Waals surface area (Å²) in [5.74, 6) is 0.199. The van der Waals surface area contributed by atoms with Crippen LogP contribution in [0.4, 0.5) is 5.69 Å². The summed E-state index contributed by atoms with van der Waals surface area (Å²) in [6.07, 6.45) is 4.82. The van der Waals surface area contributed by atoms with Crippen molar-refractivity contribution in [1.82, 2.24) is 15.1 Å². The summed E-state index contributed by atoms with van der Waals surface area (Å²) in [5, 5.41) is 10.6. The number of aromatic nitrogens is 2. The summed E-state index contributed by atoms with van der Waals surface area (Å²) >= 11 is 0. The van der Waals surface area contributed by atoms with Gasteiger partial charge >= 0.3 is 0 Å². The van der Waals surface area contributed by atoms with Crippen LogP contribution in [0.1, 0.15) is 24.0 Å².